The van der Waals surface area contributed by atoms with Crippen LogP contribution in [0.2, 0.25) is 5.02 Å². The second-order valence-corrected chi connectivity index (χ2v) is 7.97. The predicted molar refractivity (Wildman–Crippen MR) is 94.7 cm³/mol. The van der Waals surface area contributed by atoms with E-state index in [9.17, 15) is 18.3 Å². The van der Waals surface area contributed by atoms with E-state index in [-0.39, 0.29) is 21.6 Å². The van der Waals surface area contributed by atoms with Crippen LogP contribution in [0.1, 0.15) is 6.42 Å². The number of nitrogens with one attached hydrogen (secondary N) is 2. The van der Waals surface area contributed by atoms with Crippen molar-refractivity contribution in [2.75, 3.05) is 11.6 Å². The summed E-state index contributed by atoms with van der Waals surface area (Å²) in [6.45, 7) is -0.758. The van der Waals surface area contributed by atoms with E-state index in [2.05, 4.69) is 15.3 Å². The fraction of sp³-hybridized carbons (Fsp3) is 0.417. The second kappa shape index (κ2) is 7.55. The number of halogens is 7. The van der Waals surface area contributed by atoms with Crippen LogP contribution in [-0.4, -0.2) is 48.9 Å². The highest BCUT2D eigenvalue weighted by Gasteiger charge is 2.57. The number of hydrazone groups is 1. The number of rotatable bonds is 4. The quantitative estimate of drug-likeness (QED) is 0.203. The zero-order valence-corrected chi connectivity index (χ0v) is 16.0. The predicted octanol–water partition coefficient (Wildman–Crippen LogP) is 4.15. The summed E-state index contributed by atoms with van der Waals surface area (Å²) in [6.07, 6.45) is -4.26. The maximum Gasteiger partial charge on any atom is 0.450 e. The van der Waals surface area contributed by atoms with Gasteiger partial charge < -0.3 is 5.11 Å². The molecule has 1 aliphatic heterocycles. The maximum absolute atomic E-state index is 12.7. The lowest BCUT2D eigenvalue weighted by molar-refractivity contribution is -0.0696. The van der Waals surface area contributed by atoms with Gasteiger partial charge in [-0.05, 0) is 12.1 Å². The lowest BCUT2D eigenvalue weighted by Gasteiger charge is -2.37. The van der Waals surface area contributed by atoms with Gasteiger partial charge in [0, 0.05) is 12.6 Å². The van der Waals surface area contributed by atoms with Crippen molar-refractivity contribution < 1.29 is 18.3 Å². The average molecular weight is 467 g/mol. The largest absolute Gasteiger partial charge is 0.450 e. The van der Waals surface area contributed by atoms with Crippen LogP contribution >= 0.6 is 46.4 Å². The van der Waals surface area contributed by atoms with Gasteiger partial charge in [0.1, 0.15) is 0 Å². The van der Waals surface area contributed by atoms with E-state index < -0.39 is 34.5 Å². The van der Waals surface area contributed by atoms with Gasteiger partial charge >= 0.3 is 6.18 Å². The molecule has 3 N–H and O–H groups in total. The molecule has 1 aromatic heterocycles. The summed E-state index contributed by atoms with van der Waals surface area (Å²) in [5.41, 5.74) is 4.38. The molecule has 0 spiro atoms. The third kappa shape index (κ3) is 4.37. The van der Waals surface area contributed by atoms with Crippen molar-refractivity contribution in [3.8, 4) is 0 Å². The number of aromatic nitrogens is 1. The highest BCUT2D eigenvalue weighted by atomic mass is 35.6. The fourth-order valence-corrected chi connectivity index (χ4v) is 2.81. The molecule has 0 amide bonds. The average Bonchev–Trinajstić information content (AvgIpc) is 2.89. The molecule has 1 unspecified atom stereocenters. The summed E-state index contributed by atoms with van der Waals surface area (Å²) in [5.74, 6) is -2.00. The monoisotopic (exact) mass is 465 g/mol. The molecule has 27 heavy (non-hydrogen) atoms. The highest BCUT2D eigenvalue weighted by molar-refractivity contribution is 6.68. The Bertz CT molecular complexity index is 785. The topological polar surface area (TPSA) is 112 Å². The van der Waals surface area contributed by atoms with Crippen molar-refractivity contribution in [2.24, 2.45) is 10.3 Å². The van der Waals surface area contributed by atoms with Gasteiger partial charge in [0.25, 0.3) is 0 Å². The molecule has 2 rings (SSSR count). The van der Waals surface area contributed by atoms with Crippen molar-refractivity contribution in [1.29, 1.82) is 10.9 Å². The first-order chi connectivity index (χ1) is 12.3. The van der Waals surface area contributed by atoms with Crippen LogP contribution in [-0.2, 0) is 0 Å². The lowest BCUT2D eigenvalue weighted by atomic mass is 10.1. The molecule has 0 fully saturated rings. The molecule has 1 aromatic rings. The van der Waals surface area contributed by atoms with Crippen molar-refractivity contribution in [2.45, 2.75) is 22.1 Å². The standard InChI is InChI=1S/C12H10Cl4F3N7O/c13-7-2-1-3-22-8(7)26-10(27,12(14,15)16)4-6(23-26)5-25(24-21)9(20)11(17,18)19/h1-3,20-21,27H,4-5H2. The normalized spacial score (nSPS) is 20.4. The van der Waals surface area contributed by atoms with Crippen LogP contribution < -0.4 is 5.01 Å². The Morgan fingerprint density at radius 2 is 2.04 bits per heavy atom. The van der Waals surface area contributed by atoms with Crippen LogP contribution in [0.25, 0.3) is 0 Å². The minimum absolute atomic E-state index is 0.0280. The SMILES string of the molecule is N=NN(CC1=NN(c2ncccc2Cl)C(O)(C(Cl)(Cl)Cl)C1)C(=N)C(F)(F)F. The van der Waals surface area contributed by atoms with Gasteiger partial charge in [-0.1, -0.05) is 51.6 Å². The number of aliphatic hydroxyl groups is 1. The van der Waals surface area contributed by atoms with Crippen LogP contribution in [0.3, 0.4) is 0 Å². The molecule has 0 saturated heterocycles. The van der Waals surface area contributed by atoms with Crippen LogP contribution in [0.15, 0.2) is 28.7 Å². The molecule has 1 aliphatic rings. The van der Waals surface area contributed by atoms with E-state index >= 15 is 0 Å². The molecular weight excluding hydrogens is 457 g/mol. The first-order valence-corrected chi connectivity index (χ1v) is 8.39. The van der Waals surface area contributed by atoms with Crippen LogP contribution in [0.5, 0.6) is 0 Å². The van der Waals surface area contributed by atoms with Crippen LogP contribution in [0.4, 0.5) is 19.0 Å². The number of anilines is 1. The molecule has 8 nitrogen and oxygen atoms in total. The Kier molecular flexibility index (Phi) is 6.12. The molecule has 15 heteroatoms. The van der Waals surface area contributed by atoms with E-state index in [0.717, 1.165) is 5.01 Å². The summed E-state index contributed by atoms with van der Waals surface area (Å²) >= 11 is 23.6. The summed E-state index contributed by atoms with van der Waals surface area (Å²) in [7, 11) is 0. The van der Waals surface area contributed by atoms with E-state index in [1.165, 1.54) is 18.3 Å². The zero-order valence-electron chi connectivity index (χ0n) is 13.0. The minimum atomic E-state index is -5.04. The zero-order chi connectivity index (χ0) is 20.6. The summed E-state index contributed by atoms with van der Waals surface area (Å²) < 4.78 is 35.7. The van der Waals surface area contributed by atoms with Crippen LogP contribution in [0, 0.1) is 10.9 Å². The van der Waals surface area contributed by atoms with Gasteiger partial charge in [0.05, 0.1) is 17.3 Å². The molecule has 0 aliphatic carbocycles. The molecule has 1 atom stereocenters. The van der Waals surface area contributed by atoms with E-state index in [1.54, 1.807) is 0 Å². The molecule has 0 radical (unpaired) electrons. The van der Waals surface area contributed by atoms with Gasteiger partial charge in [0.15, 0.2) is 5.82 Å². The Balaban J connectivity index is 2.42. The molecule has 148 valence electrons. The number of alkyl halides is 6. The molecule has 0 saturated carbocycles. The first-order valence-electron chi connectivity index (χ1n) is 6.88. The number of hydrogen-bond donors (Lipinski definition) is 3. The number of hydrogen-bond acceptors (Lipinski definition) is 7. The molecular formula is C12H10Cl4F3N7O. The molecule has 0 bridgehead atoms. The smallest absolute Gasteiger partial charge is 0.365 e. The first kappa shape index (κ1) is 21.9. The Labute approximate surface area is 170 Å². The van der Waals surface area contributed by atoms with E-state index in [1.807, 2.05) is 0 Å². The van der Waals surface area contributed by atoms with Gasteiger partial charge in [-0.15, -0.1) is 0 Å². The Morgan fingerprint density at radius 3 is 2.52 bits per heavy atom. The van der Waals surface area contributed by atoms with Crippen molar-refractivity contribution in [1.82, 2.24) is 9.99 Å². The maximum atomic E-state index is 12.7. The van der Waals surface area contributed by atoms with Crippen molar-refractivity contribution in [3.63, 3.8) is 0 Å². The van der Waals surface area contributed by atoms with Gasteiger partial charge in [-0.2, -0.15) is 23.8 Å². The number of pyridine rings is 1. The number of amidine groups is 1. The van der Waals surface area contributed by atoms with Gasteiger partial charge in [-0.25, -0.2) is 15.0 Å². The summed E-state index contributed by atoms with van der Waals surface area (Å²) in [4.78, 5) is 3.93. The summed E-state index contributed by atoms with van der Waals surface area (Å²) in [6, 6.07) is 2.91. The van der Waals surface area contributed by atoms with Gasteiger partial charge in [0.2, 0.25) is 15.4 Å². The molecule has 0 aromatic carbocycles. The number of nitrogens with zero attached hydrogens (tertiary/aromatic N) is 5. The summed E-state index contributed by atoms with van der Waals surface area (Å²) in [5, 5.41) is 25.4. The van der Waals surface area contributed by atoms with Gasteiger partial charge in [-0.3, -0.25) is 5.41 Å². The third-order valence-electron chi connectivity index (χ3n) is 3.42. The van der Waals surface area contributed by atoms with E-state index in [0.29, 0.717) is 0 Å². The molecule has 2 heterocycles. The van der Waals surface area contributed by atoms with Crippen molar-refractivity contribution >= 4 is 63.8 Å². The fourth-order valence-electron chi connectivity index (χ4n) is 2.17. The van der Waals surface area contributed by atoms with Crippen molar-refractivity contribution in [3.05, 3.63) is 23.4 Å². The lowest BCUT2D eigenvalue weighted by Crippen LogP contribution is -2.54. The Morgan fingerprint density at radius 1 is 1.41 bits per heavy atom. The third-order valence-corrected chi connectivity index (χ3v) is 4.62. The second-order valence-electron chi connectivity index (χ2n) is 5.28. The highest BCUT2D eigenvalue weighted by Crippen LogP contribution is 2.48. The Hall–Kier alpha value is -1.40. The van der Waals surface area contributed by atoms with E-state index in [4.69, 9.17) is 57.3 Å². The minimum Gasteiger partial charge on any atom is -0.365 e.